The van der Waals surface area contributed by atoms with Gasteiger partial charge in [-0.3, -0.25) is 9.69 Å². The summed E-state index contributed by atoms with van der Waals surface area (Å²) in [6.07, 6.45) is -0.0525. The molecule has 2 heterocycles. The van der Waals surface area contributed by atoms with Crippen LogP contribution < -0.4 is 0 Å². The predicted octanol–water partition coefficient (Wildman–Crippen LogP) is 1.94. The molecule has 2 aromatic rings. The minimum Gasteiger partial charge on any atom is -0.379 e. The summed E-state index contributed by atoms with van der Waals surface area (Å²) in [6, 6.07) is 17.9. The highest BCUT2D eigenvalue weighted by Gasteiger charge is 2.40. The number of ether oxygens (including phenoxy) is 1. The molecular formula is C22H27N3O4S. The Morgan fingerprint density at radius 1 is 0.900 bits per heavy atom. The van der Waals surface area contributed by atoms with Gasteiger partial charge in [0.2, 0.25) is 15.9 Å². The van der Waals surface area contributed by atoms with E-state index < -0.39 is 16.2 Å². The third-order valence-electron chi connectivity index (χ3n) is 5.58. The van der Waals surface area contributed by atoms with Crippen molar-refractivity contribution < 1.29 is 17.9 Å². The zero-order valence-electron chi connectivity index (χ0n) is 16.9. The molecule has 2 aliphatic heterocycles. The number of carbonyl (C=O) groups excluding carboxylic acids is 1. The van der Waals surface area contributed by atoms with Gasteiger partial charge in [0.1, 0.15) is 6.17 Å². The van der Waals surface area contributed by atoms with Gasteiger partial charge in [0, 0.05) is 26.2 Å². The molecule has 1 amide bonds. The molecule has 8 heteroatoms. The Hall–Kier alpha value is -2.26. The molecule has 0 N–H and O–H groups in total. The maximum Gasteiger partial charge on any atom is 0.245 e. The zero-order valence-corrected chi connectivity index (χ0v) is 17.7. The van der Waals surface area contributed by atoms with Crippen molar-refractivity contribution >= 4 is 15.9 Å². The van der Waals surface area contributed by atoms with Gasteiger partial charge in [-0.2, -0.15) is 4.31 Å². The molecule has 2 saturated heterocycles. The molecule has 0 spiro atoms. The second-order valence-electron chi connectivity index (χ2n) is 7.54. The van der Waals surface area contributed by atoms with Gasteiger partial charge >= 0.3 is 0 Å². The normalized spacial score (nSPS) is 21.5. The Bertz CT molecular complexity index is 947. The monoisotopic (exact) mass is 429 g/mol. The SMILES string of the molecule is O=C(CN1CCOCC1)N1CCCN(S(=O)(=O)c2ccccc2)[C@H]1c1ccccc1. The topological polar surface area (TPSA) is 70.2 Å². The van der Waals surface area contributed by atoms with Crippen LogP contribution >= 0.6 is 0 Å². The number of hydrogen-bond donors (Lipinski definition) is 0. The molecule has 160 valence electrons. The van der Waals surface area contributed by atoms with Gasteiger partial charge < -0.3 is 9.64 Å². The third-order valence-corrected chi connectivity index (χ3v) is 7.44. The predicted molar refractivity (Wildman–Crippen MR) is 113 cm³/mol. The van der Waals surface area contributed by atoms with E-state index >= 15 is 0 Å². The van der Waals surface area contributed by atoms with Crippen molar-refractivity contribution in [3.63, 3.8) is 0 Å². The molecule has 4 rings (SSSR count). The van der Waals surface area contributed by atoms with Gasteiger partial charge in [0.15, 0.2) is 0 Å². The Labute approximate surface area is 177 Å². The average molecular weight is 430 g/mol. The summed E-state index contributed by atoms with van der Waals surface area (Å²) in [5, 5.41) is 0. The van der Waals surface area contributed by atoms with Crippen LogP contribution in [0.15, 0.2) is 65.6 Å². The molecule has 2 aromatic carbocycles. The van der Waals surface area contributed by atoms with E-state index in [9.17, 15) is 13.2 Å². The van der Waals surface area contributed by atoms with Crippen LogP contribution in [0, 0.1) is 0 Å². The van der Waals surface area contributed by atoms with E-state index in [1.165, 1.54) is 4.31 Å². The molecule has 0 saturated carbocycles. The van der Waals surface area contributed by atoms with Gasteiger partial charge in [0.05, 0.1) is 24.7 Å². The first kappa shape index (κ1) is 21.0. The summed E-state index contributed by atoms with van der Waals surface area (Å²) < 4.78 is 33.8. The van der Waals surface area contributed by atoms with Crippen molar-refractivity contribution in [3.8, 4) is 0 Å². The van der Waals surface area contributed by atoms with Gasteiger partial charge in [-0.1, -0.05) is 48.5 Å². The van der Waals surface area contributed by atoms with E-state index in [-0.39, 0.29) is 17.3 Å². The molecule has 7 nitrogen and oxygen atoms in total. The molecular weight excluding hydrogens is 402 g/mol. The van der Waals surface area contributed by atoms with E-state index in [0.29, 0.717) is 45.8 Å². The first-order valence-electron chi connectivity index (χ1n) is 10.3. The van der Waals surface area contributed by atoms with Crippen molar-refractivity contribution in [2.24, 2.45) is 0 Å². The molecule has 0 aliphatic carbocycles. The van der Waals surface area contributed by atoms with Crippen LogP contribution in [0.3, 0.4) is 0 Å². The van der Waals surface area contributed by atoms with Crippen LogP contribution in [0.2, 0.25) is 0 Å². The van der Waals surface area contributed by atoms with Crippen molar-refractivity contribution in [2.45, 2.75) is 17.5 Å². The number of sulfonamides is 1. The first-order chi connectivity index (χ1) is 14.6. The minimum atomic E-state index is -3.75. The highest BCUT2D eigenvalue weighted by Crippen LogP contribution is 2.34. The number of amides is 1. The standard InChI is InChI=1S/C22H27N3O4S/c26-21(18-23-14-16-29-17-15-23)24-12-7-13-25(22(24)19-8-3-1-4-9-19)30(27,28)20-10-5-2-6-11-20/h1-6,8-11,22H,7,12-18H2/t22-/m0/s1. The lowest BCUT2D eigenvalue weighted by atomic mass is 10.1. The number of rotatable bonds is 5. The average Bonchev–Trinajstić information content (AvgIpc) is 2.80. The minimum absolute atomic E-state index is 0.0567. The van der Waals surface area contributed by atoms with E-state index in [0.717, 1.165) is 5.56 Å². The second kappa shape index (κ2) is 9.26. The summed E-state index contributed by atoms with van der Waals surface area (Å²) in [4.78, 5) is 17.3. The molecule has 1 atom stereocenters. The smallest absolute Gasteiger partial charge is 0.245 e. The number of morpholine rings is 1. The summed E-state index contributed by atoms with van der Waals surface area (Å²) >= 11 is 0. The summed E-state index contributed by atoms with van der Waals surface area (Å²) in [6.45, 7) is 3.82. The van der Waals surface area contributed by atoms with Crippen molar-refractivity contribution in [1.82, 2.24) is 14.1 Å². The van der Waals surface area contributed by atoms with Gasteiger partial charge in [-0.15, -0.1) is 0 Å². The number of nitrogens with zero attached hydrogens (tertiary/aromatic N) is 3. The Balaban J connectivity index is 1.67. The number of carbonyl (C=O) groups is 1. The molecule has 2 aliphatic rings. The Morgan fingerprint density at radius 3 is 2.20 bits per heavy atom. The Morgan fingerprint density at radius 2 is 1.53 bits per heavy atom. The fraction of sp³-hybridized carbons (Fsp3) is 0.409. The first-order valence-corrected chi connectivity index (χ1v) is 11.7. The fourth-order valence-corrected chi connectivity index (χ4v) is 5.69. The summed E-state index contributed by atoms with van der Waals surface area (Å²) in [7, 11) is -3.75. The van der Waals surface area contributed by atoms with Crippen LogP contribution in [-0.2, 0) is 19.6 Å². The van der Waals surface area contributed by atoms with Crippen molar-refractivity contribution in [2.75, 3.05) is 45.9 Å². The molecule has 0 bridgehead atoms. The largest absolute Gasteiger partial charge is 0.379 e. The van der Waals surface area contributed by atoms with Crippen LogP contribution in [0.25, 0.3) is 0 Å². The van der Waals surface area contributed by atoms with Crippen LogP contribution in [0.1, 0.15) is 18.2 Å². The maximum atomic E-state index is 13.5. The number of hydrogen-bond acceptors (Lipinski definition) is 5. The zero-order chi connectivity index (χ0) is 21.0. The molecule has 0 aromatic heterocycles. The van der Waals surface area contributed by atoms with E-state index in [1.54, 1.807) is 35.2 Å². The van der Waals surface area contributed by atoms with Gasteiger partial charge in [0.25, 0.3) is 0 Å². The second-order valence-corrected chi connectivity index (χ2v) is 9.43. The van der Waals surface area contributed by atoms with E-state index in [2.05, 4.69) is 4.90 Å². The molecule has 30 heavy (non-hydrogen) atoms. The Kier molecular flexibility index (Phi) is 6.48. The van der Waals surface area contributed by atoms with Gasteiger partial charge in [-0.25, -0.2) is 8.42 Å². The molecule has 0 radical (unpaired) electrons. The van der Waals surface area contributed by atoms with Crippen molar-refractivity contribution in [1.29, 1.82) is 0 Å². The highest BCUT2D eigenvalue weighted by molar-refractivity contribution is 7.89. The van der Waals surface area contributed by atoms with Crippen molar-refractivity contribution in [3.05, 3.63) is 66.2 Å². The molecule has 2 fully saturated rings. The number of benzene rings is 2. The van der Waals surface area contributed by atoms with E-state index in [1.807, 2.05) is 30.3 Å². The third kappa shape index (κ3) is 4.41. The van der Waals surface area contributed by atoms with Crippen LogP contribution in [0.5, 0.6) is 0 Å². The lowest BCUT2D eigenvalue weighted by molar-refractivity contribution is -0.140. The van der Waals surface area contributed by atoms with Crippen LogP contribution in [0.4, 0.5) is 0 Å². The lowest BCUT2D eigenvalue weighted by Crippen LogP contribution is -2.54. The maximum absolute atomic E-state index is 13.5. The fourth-order valence-electron chi connectivity index (χ4n) is 4.05. The summed E-state index contributed by atoms with van der Waals surface area (Å²) in [5.41, 5.74) is 0.798. The van der Waals surface area contributed by atoms with Gasteiger partial charge in [-0.05, 0) is 24.1 Å². The summed E-state index contributed by atoms with van der Waals surface area (Å²) in [5.74, 6) is -0.0567. The van der Waals surface area contributed by atoms with E-state index in [4.69, 9.17) is 4.74 Å². The lowest BCUT2D eigenvalue weighted by Gasteiger charge is -2.44. The molecule has 0 unspecified atom stereocenters. The van der Waals surface area contributed by atoms with Crippen LogP contribution in [-0.4, -0.2) is 74.4 Å². The quantitative estimate of drug-likeness (QED) is 0.727. The highest BCUT2D eigenvalue weighted by atomic mass is 32.2.